The summed E-state index contributed by atoms with van der Waals surface area (Å²) in [6.45, 7) is 4.06. The summed E-state index contributed by atoms with van der Waals surface area (Å²) in [5, 5.41) is 3.56. The summed E-state index contributed by atoms with van der Waals surface area (Å²) in [5.41, 5.74) is 3.21. The second kappa shape index (κ2) is 7.41. The van der Waals surface area contributed by atoms with Crippen molar-refractivity contribution in [3.63, 3.8) is 0 Å². The summed E-state index contributed by atoms with van der Waals surface area (Å²) >= 11 is 0. The molecule has 3 aliphatic heterocycles. The maximum atomic E-state index is 13.5. The van der Waals surface area contributed by atoms with Gasteiger partial charge in [0.1, 0.15) is 18.5 Å². The minimum Gasteiger partial charge on any atom is -0.343 e. The quantitative estimate of drug-likeness (QED) is 0.848. The maximum Gasteiger partial charge on any atom is 0.328 e. The summed E-state index contributed by atoms with van der Waals surface area (Å²) in [5.74, 6) is -0.116. The number of likely N-dealkylation sites (N-methyl/N-ethyl adjacent to an activating group) is 1. The standard InChI is InChI=1S/C23H27N5O2/c1-16-8-6-9-17(14-16)15-28-21(29)19-20(25(2)23(28)30)24-22-26(12-7-13-27(19)22)18-10-4-3-5-11-18/h3-6,8-11,14,19-20,22,24H,7,12-13,15H2,1-2H3. The van der Waals surface area contributed by atoms with Crippen molar-refractivity contribution < 1.29 is 9.59 Å². The Balaban J connectivity index is 1.44. The molecule has 0 saturated carbocycles. The molecule has 2 aromatic carbocycles. The van der Waals surface area contributed by atoms with Crippen LogP contribution >= 0.6 is 0 Å². The number of anilines is 1. The average Bonchev–Trinajstić information content (AvgIpc) is 3.16. The zero-order valence-corrected chi connectivity index (χ0v) is 17.4. The zero-order valence-electron chi connectivity index (χ0n) is 17.4. The van der Waals surface area contributed by atoms with Gasteiger partial charge in [0.05, 0.1) is 6.54 Å². The Bertz CT molecular complexity index is 965. The van der Waals surface area contributed by atoms with Gasteiger partial charge in [0.15, 0.2) is 0 Å². The number of hydrogen-bond donors (Lipinski definition) is 1. The number of urea groups is 1. The first kappa shape index (κ1) is 19.1. The van der Waals surface area contributed by atoms with Crippen LogP contribution in [0.25, 0.3) is 0 Å². The Morgan fingerprint density at radius 2 is 1.83 bits per heavy atom. The first-order valence-electron chi connectivity index (χ1n) is 10.5. The molecule has 0 spiro atoms. The number of benzene rings is 2. The molecule has 0 radical (unpaired) electrons. The maximum absolute atomic E-state index is 13.5. The van der Waals surface area contributed by atoms with Gasteiger partial charge in [-0.25, -0.2) is 4.79 Å². The van der Waals surface area contributed by atoms with Gasteiger partial charge in [-0.1, -0.05) is 48.0 Å². The molecule has 3 amide bonds. The van der Waals surface area contributed by atoms with E-state index >= 15 is 0 Å². The third kappa shape index (κ3) is 3.05. The van der Waals surface area contributed by atoms with Gasteiger partial charge < -0.3 is 9.80 Å². The number of imide groups is 1. The highest BCUT2D eigenvalue weighted by molar-refractivity contribution is 6.00. The summed E-state index contributed by atoms with van der Waals surface area (Å²) in [6, 6.07) is 17.6. The van der Waals surface area contributed by atoms with Gasteiger partial charge in [-0.05, 0) is 31.0 Å². The van der Waals surface area contributed by atoms with E-state index in [0.29, 0.717) is 6.54 Å². The van der Waals surface area contributed by atoms with E-state index in [1.807, 2.05) is 49.4 Å². The number of nitrogens with one attached hydrogen (secondary N) is 1. The van der Waals surface area contributed by atoms with Crippen LogP contribution in [-0.2, 0) is 11.3 Å². The minimum absolute atomic E-state index is 0.103. The number of aryl methyl sites for hydroxylation is 1. The Morgan fingerprint density at radius 1 is 1.03 bits per heavy atom. The fourth-order valence-electron chi connectivity index (χ4n) is 4.94. The van der Waals surface area contributed by atoms with E-state index in [1.165, 1.54) is 4.90 Å². The molecule has 3 atom stereocenters. The second-order valence-corrected chi connectivity index (χ2v) is 8.36. The van der Waals surface area contributed by atoms with Crippen LogP contribution in [0.15, 0.2) is 54.6 Å². The monoisotopic (exact) mass is 405 g/mol. The molecule has 0 aliphatic carbocycles. The fourth-order valence-corrected chi connectivity index (χ4v) is 4.94. The summed E-state index contributed by atoms with van der Waals surface area (Å²) < 4.78 is 0. The first-order valence-corrected chi connectivity index (χ1v) is 10.5. The minimum atomic E-state index is -0.381. The normalized spacial score (nSPS) is 26.7. The van der Waals surface area contributed by atoms with Crippen molar-refractivity contribution in [3.05, 3.63) is 65.7 Å². The topological polar surface area (TPSA) is 59.1 Å². The third-order valence-corrected chi connectivity index (χ3v) is 6.38. The van der Waals surface area contributed by atoms with Gasteiger partial charge in [-0.2, -0.15) is 0 Å². The molecule has 1 N–H and O–H groups in total. The van der Waals surface area contributed by atoms with Crippen LogP contribution in [-0.4, -0.2) is 65.3 Å². The Kier molecular flexibility index (Phi) is 4.72. The average molecular weight is 406 g/mol. The van der Waals surface area contributed by atoms with E-state index in [-0.39, 0.29) is 30.4 Å². The number of para-hydroxylation sites is 1. The van der Waals surface area contributed by atoms with E-state index in [9.17, 15) is 9.59 Å². The van der Waals surface area contributed by atoms with Crippen molar-refractivity contribution in [1.29, 1.82) is 0 Å². The number of hydrogen-bond acceptors (Lipinski definition) is 5. The van der Waals surface area contributed by atoms with Crippen molar-refractivity contribution in [2.24, 2.45) is 0 Å². The molecule has 3 aliphatic rings. The highest BCUT2D eigenvalue weighted by Crippen LogP contribution is 2.33. The van der Waals surface area contributed by atoms with Crippen molar-refractivity contribution >= 4 is 17.6 Å². The molecule has 7 heteroatoms. The smallest absolute Gasteiger partial charge is 0.328 e. The lowest BCUT2D eigenvalue weighted by Gasteiger charge is -2.43. The van der Waals surface area contributed by atoms with Crippen LogP contribution in [0.5, 0.6) is 0 Å². The molecule has 3 saturated heterocycles. The lowest BCUT2D eigenvalue weighted by Crippen LogP contribution is -2.66. The molecule has 3 heterocycles. The van der Waals surface area contributed by atoms with Gasteiger partial charge in [-0.3, -0.25) is 19.9 Å². The predicted molar refractivity (Wildman–Crippen MR) is 114 cm³/mol. The number of rotatable bonds is 3. The van der Waals surface area contributed by atoms with Crippen LogP contribution in [0.3, 0.4) is 0 Å². The zero-order chi connectivity index (χ0) is 20.8. The SMILES string of the molecule is Cc1cccc(CN2C(=O)C3C(NC4N(c5ccccc5)CCCN34)N(C)C2=O)c1. The van der Waals surface area contributed by atoms with E-state index in [4.69, 9.17) is 0 Å². The van der Waals surface area contributed by atoms with Gasteiger partial charge in [-0.15, -0.1) is 0 Å². The van der Waals surface area contributed by atoms with Gasteiger partial charge in [0.2, 0.25) is 0 Å². The lowest BCUT2D eigenvalue weighted by atomic mass is 10.1. The van der Waals surface area contributed by atoms with Crippen molar-refractivity contribution in [2.75, 3.05) is 25.0 Å². The lowest BCUT2D eigenvalue weighted by molar-refractivity contribution is -0.139. The number of nitrogens with zero attached hydrogens (tertiary/aromatic N) is 4. The van der Waals surface area contributed by atoms with Crippen molar-refractivity contribution in [3.8, 4) is 0 Å². The molecule has 3 fully saturated rings. The molecular formula is C23H27N5O2. The summed E-state index contributed by atoms with van der Waals surface area (Å²) in [6.07, 6.45) is 0.543. The molecule has 3 unspecified atom stereocenters. The van der Waals surface area contributed by atoms with Gasteiger partial charge in [0, 0.05) is 25.8 Å². The Hall–Kier alpha value is -2.90. The highest BCUT2D eigenvalue weighted by Gasteiger charge is 2.56. The number of carbonyl (C=O) groups excluding carboxylic acids is 2. The molecule has 7 nitrogen and oxygen atoms in total. The van der Waals surface area contributed by atoms with E-state index < -0.39 is 0 Å². The summed E-state index contributed by atoms with van der Waals surface area (Å²) in [7, 11) is 1.79. The van der Waals surface area contributed by atoms with E-state index in [1.54, 1.807) is 11.9 Å². The Morgan fingerprint density at radius 3 is 2.60 bits per heavy atom. The van der Waals surface area contributed by atoms with Crippen LogP contribution < -0.4 is 10.2 Å². The van der Waals surface area contributed by atoms with E-state index in [0.717, 1.165) is 36.3 Å². The molecular weight excluding hydrogens is 378 g/mol. The molecule has 30 heavy (non-hydrogen) atoms. The van der Waals surface area contributed by atoms with Crippen LogP contribution in [0.2, 0.25) is 0 Å². The second-order valence-electron chi connectivity index (χ2n) is 8.36. The molecule has 156 valence electrons. The summed E-state index contributed by atoms with van der Waals surface area (Å²) in [4.78, 5) is 34.2. The molecule has 0 aromatic heterocycles. The largest absolute Gasteiger partial charge is 0.343 e. The highest BCUT2D eigenvalue weighted by atomic mass is 16.2. The molecule has 0 bridgehead atoms. The van der Waals surface area contributed by atoms with Gasteiger partial charge >= 0.3 is 6.03 Å². The van der Waals surface area contributed by atoms with E-state index in [2.05, 4.69) is 27.2 Å². The third-order valence-electron chi connectivity index (χ3n) is 6.38. The Labute approximate surface area is 176 Å². The van der Waals surface area contributed by atoms with Gasteiger partial charge in [0.25, 0.3) is 5.91 Å². The van der Waals surface area contributed by atoms with Crippen LogP contribution in [0.1, 0.15) is 17.5 Å². The van der Waals surface area contributed by atoms with Crippen LogP contribution in [0.4, 0.5) is 10.5 Å². The van der Waals surface area contributed by atoms with Crippen molar-refractivity contribution in [1.82, 2.24) is 20.0 Å². The number of carbonyl (C=O) groups is 2. The van der Waals surface area contributed by atoms with Crippen LogP contribution in [0, 0.1) is 6.92 Å². The molecule has 2 aromatic rings. The number of fused-ring (bicyclic) bond motifs is 3. The number of amides is 3. The predicted octanol–water partition coefficient (Wildman–Crippen LogP) is 2.18. The first-order chi connectivity index (χ1) is 14.5. The van der Waals surface area contributed by atoms with Crippen molar-refractivity contribution in [2.45, 2.75) is 38.4 Å². The molecule has 5 rings (SSSR count). The fraction of sp³-hybridized carbons (Fsp3) is 0.391.